The lowest BCUT2D eigenvalue weighted by Gasteiger charge is -2.19. The number of carbonyl (C=O) groups excluding carboxylic acids is 1. The van der Waals surface area contributed by atoms with E-state index in [1.54, 1.807) is 13.8 Å². The molecule has 4 nitrogen and oxygen atoms in total. The Kier molecular flexibility index (Phi) is 2.86. The van der Waals surface area contributed by atoms with E-state index in [1.165, 1.54) is 12.1 Å². The number of hydrogen-bond donors (Lipinski definition) is 2. The Labute approximate surface area is 92.7 Å². The Bertz CT molecular complexity index is 489. The first kappa shape index (κ1) is 12.0. The first-order valence-corrected chi connectivity index (χ1v) is 4.60. The van der Waals surface area contributed by atoms with Crippen molar-refractivity contribution in [3.8, 4) is 6.07 Å². The average molecular weight is 221 g/mol. The predicted octanol–water partition coefficient (Wildman–Crippen LogP) is 1.31. The van der Waals surface area contributed by atoms with E-state index in [1.807, 2.05) is 6.07 Å². The van der Waals surface area contributed by atoms with E-state index in [-0.39, 0.29) is 11.3 Å². The molecule has 5 heteroatoms. The van der Waals surface area contributed by atoms with Gasteiger partial charge in [-0.15, -0.1) is 0 Å². The molecule has 0 heterocycles. The van der Waals surface area contributed by atoms with Crippen LogP contribution in [0.1, 0.15) is 29.8 Å². The normalized spacial score (nSPS) is 10.9. The Balaban J connectivity index is 3.46. The minimum atomic E-state index is -0.916. The highest BCUT2D eigenvalue weighted by Crippen LogP contribution is 2.30. The summed E-state index contributed by atoms with van der Waals surface area (Å²) in [6.07, 6.45) is 0. The highest BCUT2D eigenvalue weighted by atomic mass is 19.1. The predicted molar refractivity (Wildman–Crippen MR) is 58.0 cm³/mol. The molecule has 0 unspecified atom stereocenters. The molecule has 4 N–H and O–H groups in total. The highest BCUT2D eigenvalue weighted by Gasteiger charge is 2.26. The zero-order valence-corrected chi connectivity index (χ0v) is 9.04. The molecule has 0 aromatic heterocycles. The second-order valence-corrected chi connectivity index (χ2v) is 3.99. The summed E-state index contributed by atoms with van der Waals surface area (Å²) in [7, 11) is 0. The van der Waals surface area contributed by atoms with Gasteiger partial charge >= 0.3 is 0 Å². The highest BCUT2D eigenvalue weighted by molar-refractivity contribution is 5.94. The molecule has 0 aliphatic heterocycles. The number of halogens is 1. The zero-order chi connectivity index (χ0) is 12.5. The van der Waals surface area contributed by atoms with Gasteiger partial charge in [-0.2, -0.15) is 5.26 Å². The first-order chi connectivity index (χ1) is 7.31. The fourth-order valence-corrected chi connectivity index (χ4v) is 1.39. The molecular weight excluding hydrogens is 209 g/mol. The largest absolute Gasteiger partial charge is 0.396 e. The Morgan fingerprint density at radius 3 is 2.50 bits per heavy atom. The van der Waals surface area contributed by atoms with Crippen molar-refractivity contribution in [1.29, 1.82) is 5.26 Å². The summed E-state index contributed by atoms with van der Waals surface area (Å²) in [5, 5.41) is 8.92. The van der Waals surface area contributed by atoms with Crippen LogP contribution < -0.4 is 11.5 Å². The van der Waals surface area contributed by atoms with Crippen molar-refractivity contribution in [2.75, 3.05) is 5.73 Å². The summed E-state index contributed by atoms with van der Waals surface area (Å²) >= 11 is 0. The SMILES string of the molecule is CC(C)(C#N)c1ccc(C(N)=O)c(F)c1N. The fourth-order valence-electron chi connectivity index (χ4n) is 1.39. The van der Waals surface area contributed by atoms with Crippen LogP contribution in [0.5, 0.6) is 0 Å². The van der Waals surface area contributed by atoms with Gasteiger partial charge in [0.25, 0.3) is 5.91 Å². The van der Waals surface area contributed by atoms with Crippen LogP contribution in [-0.4, -0.2) is 5.91 Å². The molecule has 0 atom stereocenters. The summed E-state index contributed by atoms with van der Waals surface area (Å²) < 4.78 is 13.6. The van der Waals surface area contributed by atoms with Gasteiger partial charge in [0.2, 0.25) is 0 Å². The van der Waals surface area contributed by atoms with Gasteiger partial charge in [0.05, 0.1) is 22.7 Å². The molecule has 0 spiro atoms. The summed E-state index contributed by atoms with van der Waals surface area (Å²) in [4.78, 5) is 10.9. The second-order valence-electron chi connectivity index (χ2n) is 3.99. The van der Waals surface area contributed by atoms with Crippen molar-refractivity contribution >= 4 is 11.6 Å². The second kappa shape index (κ2) is 3.81. The summed E-state index contributed by atoms with van der Waals surface area (Å²) in [5.74, 6) is -1.75. The van der Waals surface area contributed by atoms with Crippen molar-refractivity contribution in [1.82, 2.24) is 0 Å². The van der Waals surface area contributed by atoms with Gasteiger partial charge in [0, 0.05) is 0 Å². The minimum Gasteiger partial charge on any atom is -0.396 e. The molecular formula is C11H12FN3O. The molecule has 0 saturated carbocycles. The van der Waals surface area contributed by atoms with Crippen LogP contribution in [0.4, 0.5) is 10.1 Å². The molecule has 0 aliphatic rings. The lowest BCUT2D eigenvalue weighted by Crippen LogP contribution is -2.20. The van der Waals surface area contributed by atoms with Crippen LogP contribution in [0.2, 0.25) is 0 Å². The molecule has 1 amide bonds. The number of nitrogen functional groups attached to an aromatic ring is 1. The van der Waals surface area contributed by atoms with Crippen LogP contribution in [0.25, 0.3) is 0 Å². The van der Waals surface area contributed by atoms with Crippen LogP contribution in [0.15, 0.2) is 12.1 Å². The van der Waals surface area contributed by atoms with E-state index >= 15 is 0 Å². The number of nitrogens with zero attached hydrogens (tertiary/aromatic N) is 1. The smallest absolute Gasteiger partial charge is 0.251 e. The van der Waals surface area contributed by atoms with Crippen molar-refractivity contribution in [3.63, 3.8) is 0 Å². The molecule has 0 fully saturated rings. The molecule has 1 aromatic carbocycles. The molecule has 0 bridgehead atoms. The molecule has 1 rings (SSSR count). The third kappa shape index (κ3) is 1.82. The number of primary amides is 1. The Morgan fingerprint density at radius 1 is 1.50 bits per heavy atom. The van der Waals surface area contributed by atoms with Crippen LogP contribution in [-0.2, 0) is 5.41 Å². The lowest BCUT2D eigenvalue weighted by atomic mass is 9.84. The first-order valence-electron chi connectivity index (χ1n) is 4.60. The van der Waals surface area contributed by atoms with Crippen LogP contribution >= 0.6 is 0 Å². The third-order valence-electron chi connectivity index (χ3n) is 2.40. The van der Waals surface area contributed by atoms with E-state index in [0.717, 1.165) is 0 Å². The Morgan fingerprint density at radius 2 is 2.06 bits per heavy atom. The van der Waals surface area contributed by atoms with E-state index in [9.17, 15) is 9.18 Å². The maximum atomic E-state index is 13.6. The number of carbonyl (C=O) groups is 1. The summed E-state index contributed by atoms with van der Waals surface area (Å²) in [6.45, 7) is 3.23. The Hall–Kier alpha value is -2.09. The van der Waals surface area contributed by atoms with E-state index < -0.39 is 17.1 Å². The molecule has 84 valence electrons. The van der Waals surface area contributed by atoms with Gasteiger partial charge in [-0.3, -0.25) is 4.79 Å². The topological polar surface area (TPSA) is 92.9 Å². The lowest BCUT2D eigenvalue weighted by molar-refractivity contribution is 0.0996. The van der Waals surface area contributed by atoms with Gasteiger partial charge < -0.3 is 11.5 Å². The number of rotatable bonds is 2. The maximum absolute atomic E-state index is 13.6. The molecule has 0 radical (unpaired) electrons. The number of benzene rings is 1. The maximum Gasteiger partial charge on any atom is 0.251 e. The molecule has 16 heavy (non-hydrogen) atoms. The quantitative estimate of drug-likeness (QED) is 0.737. The standard InChI is InChI=1S/C11H12FN3O/c1-11(2,5-13)7-4-3-6(10(15)16)8(12)9(7)14/h3-4H,14H2,1-2H3,(H2,15,16). The van der Waals surface area contributed by atoms with Gasteiger partial charge in [-0.1, -0.05) is 6.07 Å². The van der Waals surface area contributed by atoms with Gasteiger partial charge in [-0.05, 0) is 25.5 Å². The van der Waals surface area contributed by atoms with Crippen molar-refractivity contribution < 1.29 is 9.18 Å². The zero-order valence-electron chi connectivity index (χ0n) is 9.04. The van der Waals surface area contributed by atoms with E-state index in [2.05, 4.69) is 0 Å². The van der Waals surface area contributed by atoms with Crippen LogP contribution in [0.3, 0.4) is 0 Å². The monoisotopic (exact) mass is 221 g/mol. The van der Waals surface area contributed by atoms with Crippen LogP contribution in [0, 0.1) is 17.1 Å². The van der Waals surface area contributed by atoms with E-state index in [4.69, 9.17) is 16.7 Å². The van der Waals surface area contributed by atoms with E-state index in [0.29, 0.717) is 5.56 Å². The minimum absolute atomic E-state index is 0.206. The number of anilines is 1. The number of nitriles is 1. The summed E-state index contributed by atoms with van der Waals surface area (Å²) in [5.41, 5.74) is 9.48. The van der Waals surface area contributed by atoms with Crippen molar-refractivity contribution in [3.05, 3.63) is 29.1 Å². The average Bonchev–Trinajstić information content (AvgIpc) is 2.21. The summed E-state index contributed by atoms with van der Waals surface area (Å²) in [6, 6.07) is 4.70. The van der Waals surface area contributed by atoms with Gasteiger partial charge in [0.1, 0.15) is 0 Å². The fraction of sp³-hybridized carbons (Fsp3) is 0.273. The number of nitrogens with two attached hydrogens (primary N) is 2. The third-order valence-corrected chi connectivity index (χ3v) is 2.40. The van der Waals surface area contributed by atoms with Crippen molar-refractivity contribution in [2.45, 2.75) is 19.3 Å². The van der Waals surface area contributed by atoms with Gasteiger partial charge in [0.15, 0.2) is 5.82 Å². The molecule has 1 aromatic rings. The van der Waals surface area contributed by atoms with Gasteiger partial charge in [-0.25, -0.2) is 4.39 Å². The number of amides is 1. The molecule has 0 aliphatic carbocycles. The van der Waals surface area contributed by atoms with Crippen molar-refractivity contribution in [2.24, 2.45) is 5.73 Å². The number of hydrogen-bond acceptors (Lipinski definition) is 3. The molecule has 0 saturated heterocycles.